The van der Waals surface area contributed by atoms with Gasteiger partial charge in [0, 0.05) is 6.54 Å². The summed E-state index contributed by atoms with van der Waals surface area (Å²) in [6, 6.07) is 15.9. The Labute approximate surface area is 135 Å². The first-order valence-electron chi connectivity index (χ1n) is 7.88. The van der Waals surface area contributed by atoms with Crippen LogP contribution in [0.5, 0.6) is 5.75 Å². The standard InChI is InChI=1S/C19H20N2O2/c1-15-7-6-8-16(13-15)23-12-5-4-11-21-18-10-3-2-9-17(18)20-19(21)14-22/h2-3,6-10,13-14H,4-5,11-12H2,1H3. The number of aromatic nitrogens is 2. The topological polar surface area (TPSA) is 44.1 Å². The van der Waals surface area contributed by atoms with Crippen LogP contribution in [0.25, 0.3) is 11.0 Å². The van der Waals surface area contributed by atoms with Gasteiger partial charge in [-0.15, -0.1) is 0 Å². The van der Waals surface area contributed by atoms with Gasteiger partial charge < -0.3 is 9.30 Å². The first kappa shape index (κ1) is 15.3. The van der Waals surface area contributed by atoms with E-state index in [4.69, 9.17) is 4.74 Å². The van der Waals surface area contributed by atoms with Crippen LogP contribution in [-0.4, -0.2) is 22.4 Å². The van der Waals surface area contributed by atoms with E-state index in [1.54, 1.807) is 0 Å². The Morgan fingerprint density at radius 2 is 2.00 bits per heavy atom. The van der Waals surface area contributed by atoms with Crippen molar-refractivity contribution in [2.75, 3.05) is 6.61 Å². The van der Waals surface area contributed by atoms with Gasteiger partial charge in [-0.05, 0) is 49.6 Å². The smallest absolute Gasteiger partial charge is 0.185 e. The molecule has 0 N–H and O–H groups in total. The molecule has 0 amide bonds. The number of ether oxygens (including phenoxy) is 1. The van der Waals surface area contributed by atoms with Gasteiger partial charge >= 0.3 is 0 Å². The summed E-state index contributed by atoms with van der Waals surface area (Å²) in [4.78, 5) is 15.5. The number of rotatable bonds is 7. The number of fused-ring (bicyclic) bond motifs is 1. The van der Waals surface area contributed by atoms with Crippen molar-refractivity contribution in [2.24, 2.45) is 0 Å². The van der Waals surface area contributed by atoms with Gasteiger partial charge in [-0.25, -0.2) is 4.98 Å². The molecule has 0 unspecified atom stereocenters. The molecule has 0 bridgehead atoms. The molecule has 0 saturated heterocycles. The average molecular weight is 308 g/mol. The number of imidazole rings is 1. The third kappa shape index (κ3) is 3.59. The summed E-state index contributed by atoms with van der Waals surface area (Å²) >= 11 is 0. The molecule has 23 heavy (non-hydrogen) atoms. The van der Waals surface area contributed by atoms with E-state index >= 15 is 0 Å². The highest BCUT2D eigenvalue weighted by atomic mass is 16.5. The summed E-state index contributed by atoms with van der Waals surface area (Å²) in [5, 5.41) is 0. The Morgan fingerprint density at radius 3 is 2.83 bits per heavy atom. The maximum absolute atomic E-state index is 11.2. The molecule has 0 saturated carbocycles. The van der Waals surface area contributed by atoms with Crippen LogP contribution < -0.4 is 4.74 Å². The number of hydrogen-bond donors (Lipinski definition) is 0. The Kier molecular flexibility index (Phi) is 4.71. The molecule has 0 aliphatic carbocycles. The van der Waals surface area contributed by atoms with Crippen LogP contribution in [-0.2, 0) is 6.54 Å². The van der Waals surface area contributed by atoms with Crippen LogP contribution in [0.4, 0.5) is 0 Å². The van der Waals surface area contributed by atoms with Crippen molar-refractivity contribution in [3.63, 3.8) is 0 Å². The molecule has 0 aliphatic heterocycles. The fourth-order valence-corrected chi connectivity index (χ4v) is 2.69. The van der Waals surface area contributed by atoms with E-state index in [1.165, 1.54) is 5.56 Å². The predicted molar refractivity (Wildman–Crippen MR) is 91.0 cm³/mol. The zero-order valence-electron chi connectivity index (χ0n) is 13.2. The molecule has 118 valence electrons. The van der Waals surface area contributed by atoms with E-state index in [-0.39, 0.29) is 0 Å². The molecule has 4 heteroatoms. The van der Waals surface area contributed by atoms with Crippen molar-refractivity contribution in [1.82, 2.24) is 9.55 Å². The molecule has 1 heterocycles. The van der Waals surface area contributed by atoms with Gasteiger partial charge in [0.15, 0.2) is 12.1 Å². The van der Waals surface area contributed by atoms with Crippen LogP contribution >= 0.6 is 0 Å². The van der Waals surface area contributed by atoms with E-state index in [9.17, 15) is 4.79 Å². The fourth-order valence-electron chi connectivity index (χ4n) is 2.69. The minimum Gasteiger partial charge on any atom is -0.494 e. The first-order valence-corrected chi connectivity index (χ1v) is 7.88. The molecular formula is C19H20N2O2. The average Bonchev–Trinajstić information content (AvgIpc) is 2.92. The van der Waals surface area contributed by atoms with E-state index in [1.807, 2.05) is 47.0 Å². The van der Waals surface area contributed by atoms with Crippen molar-refractivity contribution >= 4 is 17.3 Å². The summed E-state index contributed by atoms with van der Waals surface area (Å²) in [7, 11) is 0. The summed E-state index contributed by atoms with van der Waals surface area (Å²) < 4.78 is 7.74. The normalized spacial score (nSPS) is 10.8. The number of para-hydroxylation sites is 2. The molecule has 2 aromatic carbocycles. The monoisotopic (exact) mass is 308 g/mol. The Morgan fingerprint density at radius 1 is 1.13 bits per heavy atom. The predicted octanol–water partition coefficient (Wildman–Crippen LogP) is 4.02. The van der Waals surface area contributed by atoms with Crippen LogP contribution in [0, 0.1) is 6.92 Å². The minimum absolute atomic E-state index is 0.491. The molecule has 3 rings (SSSR count). The van der Waals surface area contributed by atoms with Crippen molar-refractivity contribution in [3.05, 3.63) is 59.9 Å². The number of hydrogen-bond acceptors (Lipinski definition) is 3. The number of benzene rings is 2. The molecule has 1 aromatic heterocycles. The molecule has 0 fully saturated rings. The molecule has 4 nitrogen and oxygen atoms in total. The second kappa shape index (κ2) is 7.09. The molecule has 0 aliphatic rings. The molecule has 3 aromatic rings. The zero-order chi connectivity index (χ0) is 16.1. The number of unbranched alkanes of at least 4 members (excludes halogenated alkanes) is 1. The van der Waals surface area contributed by atoms with Crippen LogP contribution in [0.2, 0.25) is 0 Å². The van der Waals surface area contributed by atoms with Crippen molar-refractivity contribution in [2.45, 2.75) is 26.3 Å². The summed E-state index contributed by atoms with van der Waals surface area (Å²) in [6.07, 6.45) is 2.69. The van der Waals surface area contributed by atoms with Crippen molar-refractivity contribution in [1.29, 1.82) is 0 Å². The van der Waals surface area contributed by atoms with Gasteiger partial charge in [0.2, 0.25) is 0 Å². The Hall–Kier alpha value is -2.62. The van der Waals surface area contributed by atoms with Gasteiger partial charge in [0.1, 0.15) is 5.75 Å². The van der Waals surface area contributed by atoms with Crippen molar-refractivity contribution in [3.8, 4) is 5.75 Å². The molecule has 0 spiro atoms. The number of carbonyl (C=O) groups is 1. The third-order valence-corrected chi connectivity index (χ3v) is 3.82. The van der Waals surface area contributed by atoms with E-state index in [0.717, 1.165) is 42.5 Å². The Bertz CT molecular complexity index is 808. The highest BCUT2D eigenvalue weighted by Crippen LogP contribution is 2.16. The maximum Gasteiger partial charge on any atom is 0.185 e. The lowest BCUT2D eigenvalue weighted by Gasteiger charge is -2.08. The quantitative estimate of drug-likeness (QED) is 0.489. The second-order valence-corrected chi connectivity index (χ2v) is 5.60. The van der Waals surface area contributed by atoms with Gasteiger partial charge in [-0.3, -0.25) is 4.79 Å². The van der Waals surface area contributed by atoms with Crippen LogP contribution in [0.3, 0.4) is 0 Å². The summed E-state index contributed by atoms with van der Waals surface area (Å²) in [5.41, 5.74) is 3.07. The second-order valence-electron chi connectivity index (χ2n) is 5.60. The highest BCUT2D eigenvalue weighted by Gasteiger charge is 2.08. The summed E-state index contributed by atoms with van der Waals surface area (Å²) in [6.45, 7) is 3.50. The number of aryl methyl sites for hydroxylation is 2. The lowest BCUT2D eigenvalue weighted by atomic mass is 10.2. The molecule has 0 atom stereocenters. The minimum atomic E-state index is 0.491. The lowest BCUT2D eigenvalue weighted by molar-refractivity contribution is 0.111. The fraction of sp³-hybridized carbons (Fsp3) is 0.263. The number of aldehydes is 1. The van der Waals surface area contributed by atoms with E-state index < -0.39 is 0 Å². The largest absolute Gasteiger partial charge is 0.494 e. The van der Waals surface area contributed by atoms with E-state index in [2.05, 4.69) is 18.0 Å². The van der Waals surface area contributed by atoms with Gasteiger partial charge in [-0.1, -0.05) is 24.3 Å². The first-order chi connectivity index (χ1) is 11.3. The van der Waals surface area contributed by atoms with Gasteiger partial charge in [-0.2, -0.15) is 0 Å². The van der Waals surface area contributed by atoms with Crippen molar-refractivity contribution < 1.29 is 9.53 Å². The summed E-state index contributed by atoms with van der Waals surface area (Å²) in [5.74, 6) is 1.40. The number of nitrogens with zero attached hydrogens (tertiary/aromatic N) is 2. The molecular weight excluding hydrogens is 288 g/mol. The highest BCUT2D eigenvalue weighted by molar-refractivity contribution is 5.82. The lowest BCUT2D eigenvalue weighted by Crippen LogP contribution is -2.05. The maximum atomic E-state index is 11.2. The van der Waals surface area contributed by atoms with Crippen LogP contribution in [0.15, 0.2) is 48.5 Å². The van der Waals surface area contributed by atoms with E-state index in [0.29, 0.717) is 12.4 Å². The van der Waals surface area contributed by atoms with Crippen LogP contribution in [0.1, 0.15) is 29.0 Å². The SMILES string of the molecule is Cc1cccc(OCCCCn2c(C=O)nc3ccccc32)c1. The third-order valence-electron chi connectivity index (χ3n) is 3.82. The number of carbonyl (C=O) groups excluding carboxylic acids is 1. The zero-order valence-corrected chi connectivity index (χ0v) is 13.2. The Balaban J connectivity index is 1.56. The van der Waals surface area contributed by atoms with Gasteiger partial charge in [0.05, 0.1) is 17.6 Å². The molecule has 0 radical (unpaired) electrons. The van der Waals surface area contributed by atoms with Gasteiger partial charge in [0.25, 0.3) is 0 Å².